The summed E-state index contributed by atoms with van der Waals surface area (Å²) in [6.45, 7) is 0. The van der Waals surface area contributed by atoms with Crippen LogP contribution in [0.5, 0.6) is 11.5 Å². The first kappa shape index (κ1) is 8.03. The summed E-state index contributed by atoms with van der Waals surface area (Å²) in [6, 6.07) is 4.62. The molecule has 2 nitrogen and oxygen atoms in total. The van der Waals surface area contributed by atoms with Gasteiger partial charge in [-0.05, 0) is 40.8 Å². The van der Waals surface area contributed by atoms with Crippen molar-refractivity contribution >= 4 is 22.6 Å². The van der Waals surface area contributed by atoms with Crippen molar-refractivity contribution in [1.29, 1.82) is 0 Å². The SMILES string of the molecule is FC1(F)Oc2ccc(I)cc2O1. The third kappa shape index (κ3) is 1.33. The standard InChI is InChI=1S/C7H3F2IO2/c8-7(9)11-5-2-1-4(10)3-6(5)12-7/h1-3H. The summed E-state index contributed by atoms with van der Waals surface area (Å²) in [4.78, 5) is 0. The van der Waals surface area contributed by atoms with E-state index in [1.165, 1.54) is 12.1 Å². The van der Waals surface area contributed by atoms with E-state index < -0.39 is 6.29 Å². The lowest BCUT2D eigenvalue weighted by molar-refractivity contribution is -0.286. The van der Waals surface area contributed by atoms with Gasteiger partial charge in [0.1, 0.15) is 0 Å². The molecule has 0 aliphatic carbocycles. The molecule has 0 fully saturated rings. The van der Waals surface area contributed by atoms with Crippen LogP contribution >= 0.6 is 22.6 Å². The van der Waals surface area contributed by atoms with Gasteiger partial charge in [0.15, 0.2) is 11.5 Å². The first-order valence-corrected chi connectivity index (χ1v) is 4.20. The Balaban J connectivity index is 2.43. The van der Waals surface area contributed by atoms with Crippen LogP contribution in [0.15, 0.2) is 18.2 Å². The molecule has 0 saturated heterocycles. The van der Waals surface area contributed by atoms with E-state index in [9.17, 15) is 8.78 Å². The zero-order valence-corrected chi connectivity index (χ0v) is 7.84. The maximum Gasteiger partial charge on any atom is 0.586 e. The average Bonchev–Trinajstić information content (AvgIpc) is 2.21. The maximum absolute atomic E-state index is 12.4. The summed E-state index contributed by atoms with van der Waals surface area (Å²) in [6.07, 6.45) is -3.51. The van der Waals surface area contributed by atoms with E-state index >= 15 is 0 Å². The fraction of sp³-hybridized carbons (Fsp3) is 0.143. The summed E-state index contributed by atoms with van der Waals surface area (Å²) in [5.41, 5.74) is 0. The fourth-order valence-corrected chi connectivity index (χ4v) is 1.39. The highest BCUT2D eigenvalue weighted by atomic mass is 127. The van der Waals surface area contributed by atoms with E-state index in [1.54, 1.807) is 6.07 Å². The number of fused-ring (bicyclic) bond motifs is 1. The average molecular weight is 284 g/mol. The second kappa shape index (κ2) is 2.45. The molecule has 1 aliphatic heterocycles. The van der Waals surface area contributed by atoms with Crippen molar-refractivity contribution < 1.29 is 18.3 Å². The fourth-order valence-electron chi connectivity index (χ4n) is 0.923. The Bertz CT molecular complexity index is 327. The van der Waals surface area contributed by atoms with Crippen LogP contribution in [0, 0.1) is 3.57 Å². The van der Waals surface area contributed by atoms with Crippen molar-refractivity contribution in [3.8, 4) is 11.5 Å². The van der Waals surface area contributed by atoms with Crippen molar-refractivity contribution in [2.75, 3.05) is 0 Å². The van der Waals surface area contributed by atoms with Crippen LogP contribution in [0.1, 0.15) is 0 Å². The van der Waals surface area contributed by atoms with Crippen molar-refractivity contribution in [2.24, 2.45) is 0 Å². The Labute approximate surface area is 80.6 Å². The van der Waals surface area contributed by atoms with Gasteiger partial charge in [0, 0.05) is 3.57 Å². The van der Waals surface area contributed by atoms with Crippen LogP contribution in [-0.2, 0) is 0 Å². The van der Waals surface area contributed by atoms with Gasteiger partial charge in [-0.25, -0.2) is 0 Å². The second-order valence-corrected chi connectivity index (χ2v) is 3.50. The molecule has 0 unspecified atom stereocenters. The van der Waals surface area contributed by atoms with Crippen LogP contribution in [-0.4, -0.2) is 6.29 Å². The molecule has 0 radical (unpaired) electrons. The Hall–Kier alpha value is -0.590. The van der Waals surface area contributed by atoms with Crippen LogP contribution in [0.25, 0.3) is 0 Å². The predicted molar refractivity (Wildman–Crippen MR) is 45.4 cm³/mol. The minimum Gasteiger partial charge on any atom is -0.395 e. The molecule has 1 aromatic rings. The number of alkyl halides is 2. The lowest BCUT2D eigenvalue weighted by atomic mass is 10.3. The molecule has 1 aromatic carbocycles. The first-order valence-electron chi connectivity index (χ1n) is 3.12. The number of benzene rings is 1. The van der Waals surface area contributed by atoms with E-state index in [2.05, 4.69) is 9.47 Å². The first-order chi connectivity index (χ1) is 5.57. The molecule has 1 heterocycles. The Morgan fingerprint density at radius 2 is 1.83 bits per heavy atom. The lowest BCUT2D eigenvalue weighted by Crippen LogP contribution is -2.25. The highest BCUT2D eigenvalue weighted by Gasteiger charge is 2.43. The summed E-state index contributed by atoms with van der Waals surface area (Å²) in [7, 11) is 0. The number of rotatable bonds is 0. The third-order valence-corrected chi connectivity index (χ3v) is 2.03. The molecule has 0 N–H and O–H groups in total. The quantitative estimate of drug-likeness (QED) is 0.682. The molecule has 0 aromatic heterocycles. The number of hydrogen-bond donors (Lipinski definition) is 0. The molecular weight excluding hydrogens is 281 g/mol. The lowest BCUT2D eigenvalue weighted by Gasteiger charge is -2.04. The molecule has 5 heteroatoms. The Morgan fingerprint density at radius 3 is 2.58 bits per heavy atom. The van der Waals surface area contributed by atoms with E-state index in [0.29, 0.717) is 0 Å². The van der Waals surface area contributed by atoms with E-state index in [-0.39, 0.29) is 11.5 Å². The third-order valence-electron chi connectivity index (χ3n) is 1.36. The smallest absolute Gasteiger partial charge is 0.395 e. The molecule has 0 bridgehead atoms. The van der Waals surface area contributed by atoms with Gasteiger partial charge in [-0.15, -0.1) is 8.78 Å². The van der Waals surface area contributed by atoms with Gasteiger partial charge in [0.05, 0.1) is 0 Å². The molecule has 64 valence electrons. The van der Waals surface area contributed by atoms with Gasteiger partial charge in [0.25, 0.3) is 0 Å². The highest BCUT2D eigenvalue weighted by Crippen LogP contribution is 2.41. The normalized spacial score (nSPS) is 17.9. The maximum atomic E-state index is 12.4. The van der Waals surface area contributed by atoms with Gasteiger partial charge < -0.3 is 9.47 Å². The highest BCUT2D eigenvalue weighted by molar-refractivity contribution is 14.1. The molecule has 0 spiro atoms. The summed E-state index contributed by atoms with van der Waals surface area (Å²) < 4.78 is 34.1. The molecule has 12 heavy (non-hydrogen) atoms. The topological polar surface area (TPSA) is 18.5 Å². The Morgan fingerprint density at radius 1 is 1.17 bits per heavy atom. The molecule has 0 amide bonds. The molecule has 1 aliphatic rings. The van der Waals surface area contributed by atoms with Crippen molar-refractivity contribution in [3.05, 3.63) is 21.8 Å². The van der Waals surface area contributed by atoms with Crippen molar-refractivity contribution in [1.82, 2.24) is 0 Å². The van der Waals surface area contributed by atoms with Crippen LogP contribution in [0.2, 0.25) is 0 Å². The minimum absolute atomic E-state index is 0.0837. The van der Waals surface area contributed by atoms with Crippen LogP contribution < -0.4 is 9.47 Å². The summed E-state index contributed by atoms with van der Waals surface area (Å²) in [5, 5.41) is 0. The molecule has 0 atom stereocenters. The molecule has 2 rings (SSSR count). The molecular formula is C7H3F2IO2. The monoisotopic (exact) mass is 284 g/mol. The van der Waals surface area contributed by atoms with Crippen molar-refractivity contribution in [2.45, 2.75) is 6.29 Å². The zero-order chi connectivity index (χ0) is 8.77. The van der Waals surface area contributed by atoms with Crippen LogP contribution in [0.3, 0.4) is 0 Å². The zero-order valence-electron chi connectivity index (χ0n) is 5.68. The summed E-state index contributed by atoms with van der Waals surface area (Å²) >= 11 is 2.00. The number of halogens is 3. The van der Waals surface area contributed by atoms with E-state index in [4.69, 9.17) is 0 Å². The van der Waals surface area contributed by atoms with Gasteiger partial charge in [-0.1, -0.05) is 0 Å². The van der Waals surface area contributed by atoms with Gasteiger partial charge >= 0.3 is 6.29 Å². The molecule has 0 saturated carbocycles. The number of ether oxygens (including phenoxy) is 2. The van der Waals surface area contributed by atoms with Crippen molar-refractivity contribution in [3.63, 3.8) is 0 Å². The van der Waals surface area contributed by atoms with Crippen LogP contribution in [0.4, 0.5) is 8.78 Å². The summed E-state index contributed by atoms with van der Waals surface area (Å²) in [5.74, 6) is 0.173. The largest absolute Gasteiger partial charge is 0.586 e. The minimum atomic E-state index is -3.51. The van der Waals surface area contributed by atoms with Gasteiger partial charge in [0.2, 0.25) is 0 Å². The second-order valence-electron chi connectivity index (χ2n) is 2.26. The van der Waals surface area contributed by atoms with E-state index in [0.717, 1.165) is 3.57 Å². The number of hydrogen-bond acceptors (Lipinski definition) is 2. The Kier molecular flexibility index (Phi) is 1.64. The van der Waals surface area contributed by atoms with E-state index in [1.807, 2.05) is 22.6 Å². The van der Waals surface area contributed by atoms with Gasteiger partial charge in [-0.3, -0.25) is 0 Å². The van der Waals surface area contributed by atoms with Gasteiger partial charge in [-0.2, -0.15) is 0 Å². The predicted octanol–water partition coefficient (Wildman–Crippen LogP) is 2.61.